The van der Waals surface area contributed by atoms with E-state index in [9.17, 15) is 14.4 Å². The molecule has 0 bridgehead atoms. The Hall–Kier alpha value is -3.15. The summed E-state index contributed by atoms with van der Waals surface area (Å²) in [5.74, 6) is -0.861. The number of esters is 3. The van der Waals surface area contributed by atoms with Crippen molar-refractivity contribution in [1.82, 2.24) is 0 Å². The highest BCUT2D eigenvalue weighted by molar-refractivity contribution is 5.71. The van der Waals surface area contributed by atoms with E-state index in [2.05, 4.69) is 93.7 Å². The van der Waals surface area contributed by atoms with Crippen molar-refractivity contribution in [3.63, 3.8) is 0 Å². The molecule has 6 heteroatoms. The van der Waals surface area contributed by atoms with Crippen LogP contribution in [-0.2, 0) is 28.6 Å². The van der Waals surface area contributed by atoms with Gasteiger partial charge in [-0.1, -0.05) is 331 Å². The molecule has 0 rings (SSSR count). The van der Waals surface area contributed by atoms with Gasteiger partial charge in [-0.2, -0.15) is 0 Å². The zero-order chi connectivity index (χ0) is 58.5. The highest BCUT2D eigenvalue weighted by Crippen LogP contribution is 2.18. The highest BCUT2D eigenvalue weighted by atomic mass is 16.6. The minimum absolute atomic E-state index is 0.0754. The molecule has 0 heterocycles. The third-order valence-electron chi connectivity index (χ3n) is 15.7. The molecule has 0 aromatic carbocycles. The molecule has 0 saturated carbocycles. The van der Waals surface area contributed by atoms with Crippen molar-refractivity contribution in [3.8, 4) is 0 Å². The Labute approximate surface area is 503 Å². The van der Waals surface area contributed by atoms with Crippen LogP contribution in [0.3, 0.4) is 0 Å². The first kappa shape index (κ1) is 77.9. The molecule has 6 nitrogen and oxygen atoms in total. The summed E-state index contributed by atoms with van der Waals surface area (Å²) < 4.78 is 17.0. The van der Waals surface area contributed by atoms with Gasteiger partial charge < -0.3 is 14.2 Å². The SMILES string of the molecule is CC/C=C\C/C=C\C/C=C\C/C=C\C/C=C\CCCCCCCCCCCC(=O)OCC(COC(=O)CCCCCCCCC/C=C\CCCCCCCCC)OC(=O)CCCCCCCCCCCCCCCCCCCCCC. The smallest absolute Gasteiger partial charge is 0.306 e. The molecular formula is C75H134O6. The first-order valence-electron chi connectivity index (χ1n) is 35.4. The number of unbranched alkanes of at least 4 members (excludes halogenated alkanes) is 42. The van der Waals surface area contributed by atoms with Gasteiger partial charge in [0.1, 0.15) is 13.2 Å². The fourth-order valence-electron chi connectivity index (χ4n) is 10.4. The average molecular weight is 1130 g/mol. The van der Waals surface area contributed by atoms with Crippen LogP contribution in [0.1, 0.15) is 367 Å². The van der Waals surface area contributed by atoms with E-state index < -0.39 is 6.10 Å². The van der Waals surface area contributed by atoms with E-state index in [0.29, 0.717) is 19.3 Å². The molecule has 81 heavy (non-hydrogen) atoms. The number of carbonyl (C=O) groups is 3. The number of carbonyl (C=O) groups excluding carboxylic acids is 3. The van der Waals surface area contributed by atoms with Crippen LogP contribution in [0.2, 0.25) is 0 Å². The lowest BCUT2D eigenvalue weighted by Crippen LogP contribution is -2.30. The third-order valence-corrected chi connectivity index (χ3v) is 15.7. The number of hydrogen-bond acceptors (Lipinski definition) is 6. The van der Waals surface area contributed by atoms with E-state index in [1.165, 1.54) is 231 Å². The molecule has 0 amide bonds. The van der Waals surface area contributed by atoms with Gasteiger partial charge in [-0.05, 0) is 89.9 Å². The number of ether oxygens (including phenoxy) is 3. The Morgan fingerprint density at radius 2 is 0.481 bits per heavy atom. The van der Waals surface area contributed by atoms with E-state index in [0.717, 1.165) is 96.3 Å². The largest absolute Gasteiger partial charge is 0.462 e. The molecule has 0 spiro atoms. The fraction of sp³-hybridized carbons (Fsp3) is 0.800. The lowest BCUT2D eigenvalue weighted by molar-refractivity contribution is -0.167. The predicted octanol–water partition coefficient (Wildman–Crippen LogP) is 24.4. The van der Waals surface area contributed by atoms with Gasteiger partial charge >= 0.3 is 17.9 Å². The minimum atomic E-state index is -0.780. The van der Waals surface area contributed by atoms with Gasteiger partial charge in [0.25, 0.3) is 0 Å². The van der Waals surface area contributed by atoms with Crippen molar-refractivity contribution in [2.45, 2.75) is 374 Å². The monoisotopic (exact) mass is 1130 g/mol. The van der Waals surface area contributed by atoms with Crippen LogP contribution in [-0.4, -0.2) is 37.2 Å². The van der Waals surface area contributed by atoms with Gasteiger partial charge in [-0.3, -0.25) is 14.4 Å². The van der Waals surface area contributed by atoms with Crippen molar-refractivity contribution in [1.29, 1.82) is 0 Å². The van der Waals surface area contributed by atoms with Gasteiger partial charge in [0.2, 0.25) is 0 Å². The lowest BCUT2D eigenvalue weighted by atomic mass is 10.0. The third kappa shape index (κ3) is 67.5. The molecule has 0 aliphatic heterocycles. The van der Waals surface area contributed by atoms with E-state index in [1.807, 2.05) is 0 Å². The molecule has 0 saturated heterocycles. The van der Waals surface area contributed by atoms with Crippen LogP contribution in [0.15, 0.2) is 72.9 Å². The second-order valence-corrected chi connectivity index (χ2v) is 23.8. The molecule has 0 fully saturated rings. The summed E-state index contributed by atoms with van der Waals surface area (Å²) in [4.78, 5) is 38.5. The molecule has 0 aliphatic rings. The van der Waals surface area contributed by atoms with E-state index in [1.54, 1.807) is 0 Å². The van der Waals surface area contributed by atoms with Crippen molar-refractivity contribution in [3.05, 3.63) is 72.9 Å². The maximum Gasteiger partial charge on any atom is 0.306 e. The molecule has 0 aromatic rings. The maximum atomic E-state index is 13.0. The zero-order valence-electron chi connectivity index (χ0n) is 54.1. The Bertz CT molecular complexity index is 1490. The summed E-state index contributed by atoms with van der Waals surface area (Å²) in [5.41, 5.74) is 0. The van der Waals surface area contributed by atoms with Crippen LogP contribution in [0.5, 0.6) is 0 Å². The van der Waals surface area contributed by atoms with Crippen molar-refractivity contribution < 1.29 is 28.6 Å². The van der Waals surface area contributed by atoms with Gasteiger partial charge in [0, 0.05) is 19.3 Å². The highest BCUT2D eigenvalue weighted by Gasteiger charge is 2.19. The fourth-order valence-corrected chi connectivity index (χ4v) is 10.4. The topological polar surface area (TPSA) is 78.9 Å². The average Bonchev–Trinajstić information content (AvgIpc) is 3.47. The molecular weight excluding hydrogens is 997 g/mol. The first-order valence-corrected chi connectivity index (χ1v) is 35.4. The summed E-state index contributed by atoms with van der Waals surface area (Å²) in [5, 5.41) is 0. The van der Waals surface area contributed by atoms with Crippen LogP contribution in [0, 0.1) is 0 Å². The molecule has 0 radical (unpaired) electrons. The molecule has 1 atom stereocenters. The van der Waals surface area contributed by atoms with E-state index >= 15 is 0 Å². The van der Waals surface area contributed by atoms with Crippen LogP contribution in [0.4, 0.5) is 0 Å². The minimum Gasteiger partial charge on any atom is -0.462 e. The molecule has 1 unspecified atom stereocenters. The number of rotatable bonds is 65. The van der Waals surface area contributed by atoms with Crippen molar-refractivity contribution >= 4 is 17.9 Å². The summed E-state index contributed by atoms with van der Waals surface area (Å²) >= 11 is 0. The second-order valence-electron chi connectivity index (χ2n) is 23.8. The summed E-state index contributed by atoms with van der Waals surface area (Å²) in [7, 11) is 0. The van der Waals surface area contributed by atoms with Gasteiger partial charge in [-0.15, -0.1) is 0 Å². The Morgan fingerprint density at radius 1 is 0.259 bits per heavy atom. The van der Waals surface area contributed by atoms with Gasteiger partial charge in [0.15, 0.2) is 6.10 Å². The lowest BCUT2D eigenvalue weighted by Gasteiger charge is -2.18. The molecule has 0 aliphatic carbocycles. The Balaban J connectivity index is 4.35. The predicted molar refractivity (Wildman–Crippen MR) is 353 cm³/mol. The zero-order valence-corrected chi connectivity index (χ0v) is 54.1. The normalized spacial score (nSPS) is 12.5. The van der Waals surface area contributed by atoms with Gasteiger partial charge in [-0.25, -0.2) is 0 Å². The van der Waals surface area contributed by atoms with E-state index in [4.69, 9.17) is 14.2 Å². The first-order chi connectivity index (χ1) is 40.0. The Morgan fingerprint density at radius 3 is 0.765 bits per heavy atom. The summed E-state index contributed by atoms with van der Waals surface area (Å²) in [6.07, 6.45) is 90.6. The van der Waals surface area contributed by atoms with Crippen LogP contribution in [0.25, 0.3) is 0 Å². The van der Waals surface area contributed by atoms with Crippen LogP contribution < -0.4 is 0 Å². The Kier molecular flexibility index (Phi) is 66.6. The van der Waals surface area contributed by atoms with Crippen molar-refractivity contribution in [2.24, 2.45) is 0 Å². The quantitative estimate of drug-likeness (QED) is 0.0261. The summed E-state index contributed by atoms with van der Waals surface area (Å²) in [6.45, 7) is 6.58. The standard InChI is InChI=1S/C75H134O6/c1-4-7-10-13-16-19-22-25-28-31-34-36-37-38-39-40-42-44-47-50-53-56-59-62-65-68-74(77)80-71-72(70-79-73(76)67-64-61-58-55-52-49-46-43-33-30-27-24-21-18-15-12-9-6-3)81-75(78)69-66-63-60-57-54-51-48-45-41-35-32-29-26-23-20-17-14-11-8-5-2/h7,10,16,19,25,28,30,33-34,36,38-39,72H,4-6,8-9,11-15,17-18,20-24,26-27,29,31-32,35,37,40-71H2,1-3H3/b10-7-,19-16-,28-25-,33-30-,36-34-,39-38-. The molecule has 470 valence electrons. The number of hydrogen-bond donors (Lipinski definition) is 0. The number of allylic oxidation sites excluding steroid dienone is 12. The second kappa shape index (κ2) is 69.3. The van der Waals surface area contributed by atoms with Crippen molar-refractivity contribution in [2.75, 3.05) is 13.2 Å². The maximum absolute atomic E-state index is 13.0. The molecule has 0 N–H and O–H groups in total. The summed E-state index contributed by atoms with van der Waals surface area (Å²) in [6, 6.07) is 0. The van der Waals surface area contributed by atoms with E-state index in [-0.39, 0.29) is 31.1 Å². The molecule has 0 aromatic heterocycles. The van der Waals surface area contributed by atoms with Crippen LogP contribution >= 0.6 is 0 Å². The van der Waals surface area contributed by atoms with Gasteiger partial charge in [0.05, 0.1) is 0 Å².